The number of nitrogens with zero attached hydrogens (tertiary/aromatic N) is 3. The number of hydrogen-bond donors (Lipinski definition) is 3. The Hall–Kier alpha value is -4.26. The van der Waals surface area contributed by atoms with Crippen LogP contribution in [0.2, 0.25) is 0 Å². The van der Waals surface area contributed by atoms with E-state index in [0.717, 1.165) is 27.7 Å². The summed E-state index contributed by atoms with van der Waals surface area (Å²) in [6.45, 7) is 0.485. The lowest BCUT2D eigenvalue weighted by atomic mass is 10.1. The number of aromatic amines is 1. The minimum absolute atomic E-state index is 0.258. The standard InChI is InChI=1S/C24H19FN6/c25-18-12-10-16(11-13-18)15-26-24-27-20-9-5-4-8-19(20)23(29-24)28-22-14-21(30-31-22)17-6-2-1-3-7-17/h1-14H,15H2,(H3,26,27,28,29,30,31). The van der Waals surface area contributed by atoms with Gasteiger partial charge in [-0.1, -0.05) is 54.6 Å². The first-order valence-electron chi connectivity index (χ1n) is 9.87. The molecule has 0 spiro atoms. The summed E-state index contributed by atoms with van der Waals surface area (Å²) in [6.07, 6.45) is 0. The van der Waals surface area contributed by atoms with Crippen molar-refractivity contribution < 1.29 is 4.39 Å². The molecule has 0 amide bonds. The molecule has 3 aromatic carbocycles. The van der Waals surface area contributed by atoms with Gasteiger partial charge in [0, 0.05) is 18.0 Å². The number of para-hydroxylation sites is 1. The molecule has 0 bridgehead atoms. The highest BCUT2D eigenvalue weighted by molar-refractivity contribution is 5.91. The van der Waals surface area contributed by atoms with E-state index in [1.807, 2.05) is 60.7 Å². The van der Waals surface area contributed by atoms with Crippen molar-refractivity contribution in [1.29, 1.82) is 0 Å². The number of H-pyrrole nitrogens is 1. The molecule has 0 aliphatic carbocycles. The maximum atomic E-state index is 13.1. The number of aromatic nitrogens is 4. The van der Waals surface area contributed by atoms with Gasteiger partial charge >= 0.3 is 0 Å². The number of nitrogens with one attached hydrogen (secondary N) is 3. The Morgan fingerprint density at radius 2 is 1.61 bits per heavy atom. The largest absolute Gasteiger partial charge is 0.350 e. The molecule has 31 heavy (non-hydrogen) atoms. The summed E-state index contributed by atoms with van der Waals surface area (Å²) >= 11 is 0. The van der Waals surface area contributed by atoms with Crippen molar-refractivity contribution in [3.05, 3.63) is 96.3 Å². The summed E-state index contributed by atoms with van der Waals surface area (Å²) in [6, 6.07) is 26.1. The van der Waals surface area contributed by atoms with Crippen LogP contribution in [0, 0.1) is 5.82 Å². The van der Waals surface area contributed by atoms with Gasteiger partial charge in [0.15, 0.2) is 5.82 Å². The molecule has 0 aliphatic rings. The molecule has 152 valence electrons. The zero-order valence-corrected chi connectivity index (χ0v) is 16.5. The number of anilines is 3. The molecule has 0 saturated heterocycles. The second kappa shape index (κ2) is 8.23. The van der Waals surface area contributed by atoms with Crippen molar-refractivity contribution in [2.45, 2.75) is 6.54 Å². The van der Waals surface area contributed by atoms with Gasteiger partial charge in [0.25, 0.3) is 0 Å². The van der Waals surface area contributed by atoms with E-state index in [-0.39, 0.29) is 5.82 Å². The molecule has 0 radical (unpaired) electrons. The topological polar surface area (TPSA) is 78.5 Å². The third-order valence-electron chi connectivity index (χ3n) is 4.88. The molecule has 0 saturated carbocycles. The van der Waals surface area contributed by atoms with E-state index in [1.165, 1.54) is 12.1 Å². The molecular weight excluding hydrogens is 391 g/mol. The normalized spacial score (nSPS) is 10.9. The highest BCUT2D eigenvalue weighted by Crippen LogP contribution is 2.26. The Kier molecular flexibility index (Phi) is 4.98. The summed E-state index contributed by atoms with van der Waals surface area (Å²) in [4.78, 5) is 9.25. The zero-order chi connectivity index (χ0) is 21.0. The van der Waals surface area contributed by atoms with E-state index in [0.29, 0.717) is 24.1 Å². The first kappa shape index (κ1) is 18.7. The van der Waals surface area contributed by atoms with E-state index < -0.39 is 0 Å². The fourth-order valence-electron chi connectivity index (χ4n) is 3.31. The summed E-state index contributed by atoms with van der Waals surface area (Å²) < 4.78 is 13.1. The van der Waals surface area contributed by atoms with Crippen LogP contribution in [-0.4, -0.2) is 20.2 Å². The summed E-state index contributed by atoms with van der Waals surface area (Å²) in [5.41, 5.74) is 3.71. The number of halogens is 1. The van der Waals surface area contributed by atoms with E-state index in [9.17, 15) is 4.39 Å². The molecule has 0 atom stereocenters. The Morgan fingerprint density at radius 3 is 2.45 bits per heavy atom. The lowest BCUT2D eigenvalue weighted by Gasteiger charge is -2.10. The molecule has 0 fully saturated rings. The maximum absolute atomic E-state index is 13.1. The lowest BCUT2D eigenvalue weighted by molar-refractivity contribution is 0.627. The first-order valence-corrected chi connectivity index (χ1v) is 9.87. The van der Waals surface area contributed by atoms with Crippen LogP contribution in [0.3, 0.4) is 0 Å². The van der Waals surface area contributed by atoms with Gasteiger partial charge in [-0.15, -0.1) is 0 Å². The minimum atomic E-state index is -0.258. The summed E-state index contributed by atoms with van der Waals surface area (Å²) in [5, 5.41) is 14.8. The van der Waals surface area contributed by atoms with Crippen molar-refractivity contribution in [3.8, 4) is 11.3 Å². The van der Waals surface area contributed by atoms with Gasteiger partial charge in [-0.05, 0) is 35.4 Å². The molecule has 3 N–H and O–H groups in total. The second-order valence-corrected chi connectivity index (χ2v) is 7.05. The van der Waals surface area contributed by atoms with Crippen molar-refractivity contribution in [2.24, 2.45) is 0 Å². The SMILES string of the molecule is Fc1ccc(CNc2nc(Nc3cc(-c4ccccc4)[nH]n3)c3ccccc3n2)cc1. The van der Waals surface area contributed by atoms with Gasteiger partial charge in [-0.2, -0.15) is 10.1 Å². The molecule has 0 aliphatic heterocycles. The van der Waals surface area contributed by atoms with Gasteiger partial charge in [-0.25, -0.2) is 9.37 Å². The molecule has 6 nitrogen and oxygen atoms in total. The number of rotatable bonds is 6. The van der Waals surface area contributed by atoms with Crippen LogP contribution in [0.1, 0.15) is 5.56 Å². The molecule has 2 heterocycles. The average molecular weight is 410 g/mol. The van der Waals surface area contributed by atoms with Gasteiger partial charge in [0.05, 0.1) is 11.2 Å². The van der Waals surface area contributed by atoms with Crippen LogP contribution in [0.25, 0.3) is 22.2 Å². The van der Waals surface area contributed by atoms with Crippen molar-refractivity contribution in [2.75, 3.05) is 10.6 Å². The highest BCUT2D eigenvalue weighted by atomic mass is 19.1. The van der Waals surface area contributed by atoms with E-state index in [4.69, 9.17) is 0 Å². The van der Waals surface area contributed by atoms with E-state index in [1.54, 1.807) is 12.1 Å². The van der Waals surface area contributed by atoms with Crippen molar-refractivity contribution >= 4 is 28.5 Å². The van der Waals surface area contributed by atoms with Crippen LogP contribution in [0.5, 0.6) is 0 Å². The Labute approximate surface area is 178 Å². The third kappa shape index (κ3) is 4.20. The Morgan fingerprint density at radius 1 is 0.839 bits per heavy atom. The maximum Gasteiger partial charge on any atom is 0.225 e. The van der Waals surface area contributed by atoms with Gasteiger partial charge in [0.2, 0.25) is 5.95 Å². The van der Waals surface area contributed by atoms with E-state index >= 15 is 0 Å². The second-order valence-electron chi connectivity index (χ2n) is 7.05. The fraction of sp³-hybridized carbons (Fsp3) is 0.0417. The Bertz CT molecular complexity index is 1320. The molecule has 5 rings (SSSR count). The summed E-state index contributed by atoms with van der Waals surface area (Å²) in [5.74, 6) is 1.53. The third-order valence-corrected chi connectivity index (χ3v) is 4.88. The lowest BCUT2D eigenvalue weighted by Crippen LogP contribution is -2.06. The smallest absolute Gasteiger partial charge is 0.225 e. The van der Waals surface area contributed by atoms with Crippen LogP contribution < -0.4 is 10.6 Å². The Balaban J connectivity index is 1.42. The fourth-order valence-corrected chi connectivity index (χ4v) is 3.31. The van der Waals surface area contributed by atoms with E-state index in [2.05, 4.69) is 30.8 Å². The molecule has 0 unspecified atom stereocenters. The number of hydrogen-bond acceptors (Lipinski definition) is 5. The first-order chi connectivity index (χ1) is 15.2. The van der Waals surface area contributed by atoms with Crippen LogP contribution in [-0.2, 0) is 6.54 Å². The molecule has 5 aromatic rings. The average Bonchev–Trinajstić information content (AvgIpc) is 3.28. The van der Waals surface area contributed by atoms with Crippen LogP contribution >= 0.6 is 0 Å². The van der Waals surface area contributed by atoms with Crippen LogP contribution in [0.4, 0.5) is 22.0 Å². The van der Waals surface area contributed by atoms with Gasteiger partial charge in [0.1, 0.15) is 11.6 Å². The monoisotopic (exact) mass is 410 g/mol. The van der Waals surface area contributed by atoms with Gasteiger partial charge < -0.3 is 10.6 Å². The quantitative estimate of drug-likeness (QED) is 0.344. The molecule has 7 heteroatoms. The highest BCUT2D eigenvalue weighted by Gasteiger charge is 2.10. The van der Waals surface area contributed by atoms with Crippen molar-refractivity contribution in [3.63, 3.8) is 0 Å². The van der Waals surface area contributed by atoms with Gasteiger partial charge in [-0.3, -0.25) is 5.10 Å². The van der Waals surface area contributed by atoms with Crippen LogP contribution in [0.15, 0.2) is 84.9 Å². The van der Waals surface area contributed by atoms with Crippen molar-refractivity contribution in [1.82, 2.24) is 20.2 Å². The predicted octanol–water partition coefficient (Wildman–Crippen LogP) is 5.51. The molecule has 2 aromatic heterocycles. The number of fused-ring (bicyclic) bond motifs is 1. The minimum Gasteiger partial charge on any atom is -0.350 e. The predicted molar refractivity (Wildman–Crippen MR) is 121 cm³/mol. The zero-order valence-electron chi connectivity index (χ0n) is 16.5. The number of benzene rings is 3. The molecular formula is C24H19FN6. The summed E-state index contributed by atoms with van der Waals surface area (Å²) in [7, 11) is 0.